The second-order valence-electron chi connectivity index (χ2n) is 14.4. The van der Waals surface area contributed by atoms with E-state index in [0.717, 1.165) is 64.2 Å². The molecule has 0 radical (unpaired) electrons. The van der Waals surface area contributed by atoms with Crippen molar-refractivity contribution in [3.63, 3.8) is 0 Å². The van der Waals surface area contributed by atoms with Gasteiger partial charge in [0.1, 0.15) is 6.10 Å². The second kappa shape index (κ2) is 39.8. The number of allylic oxidation sites excluding steroid dienone is 9. The third-order valence-electron chi connectivity index (χ3n) is 9.36. The molecular weight excluding hydrogens is 647 g/mol. The number of esters is 1. The molecule has 3 atom stereocenters. The van der Waals surface area contributed by atoms with E-state index in [2.05, 4.69) is 74.7 Å². The summed E-state index contributed by atoms with van der Waals surface area (Å²) >= 11 is 0. The van der Waals surface area contributed by atoms with Crippen molar-refractivity contribution in [3.8, 4) is 0 Å². The van der Waals surface area contributed by atoms with Crippen LogP contribution in [0.2, 0.25) is 0 Å². The summed E-state index contributed by atoms with van der Waals surface area (Å²) in [5, 5.41) is 23.5. The molecule has 3 unspecified atom stereocenters. The Morgan fingerprint density at radius 1 is 0.577 bits per heavy atom. The Bertz CT molecular complexity index is 952. The van der Waals surface area contributed by atoms with E-state index in [9.17, 15) is 19.8 Å². The molecular formula is C46H81NO5. The lowest BCUT2D eigenvalue weighted by Gasteiger charge is -2.23. The van der Waals surface area contributed by atoms with Crippen LogP contribution in [0.5, 0.6) is 0 Å². The molecule has 0 aliphatic heterocycles. The Balaban J connectivity index is 4.80. The van der Waals surface area contributed by atoms with Gasteiger partial charge in [-0.15, -0.1) is 0 Å². The van der Waals surface area contributed by atoms with Crippen LogP contribution >= 0.6 is 0 Å². The average Bonchev–Trinajstić information content (AvgIpc) is 3.13. The minimum Gasteiger partial charge on any atom is -0.458 e. The topological polar surface area (TPSA) is 95.9 Å². The summed E-state index contributed by atoms with van der Waals surface area (Å²) in [4.78, 5) is 25.8. The maximum Gasteiger partial charge on any atom is 0.306 e. The fourth-order valence-electron chi connectivity index (χ4n) is 6.10. The van der Waals surface area contributed by atoms with E-state index >= 15 is 0 Å². The van der Waals surface area contributed by atoms with Crippen molar-refractivity contribution in [2.45, 2.75) is 212 Å². The molecule has 0 aromatic carbocycles. The lowest BCUT2D eigenvalue weighted by molar-refractivity contribution is -0.148. The van der Waals surface area contributed by atoms with E-state index in [-0.39, 0.29) is 24.9 Å². The molecule has 3 N–H and O–H groups in total. The summed E-state index contributed by atoms with van der Waals surface area (Å²) in [6, 6.07) is -0.738. The highest BCUT2D eigenvalue weighted by Gasteiger charge is 2.23. The molecule has 0 heterocycles. The summed E-state index contributed by atoms with van der Waals surface area (Å²) in [6.07, 6.45) is 47.4. The first kappa shape index (κ1) is 49.6. The van der Waals surface area contributed by atoms with Crippen molar-refractivity contribution in [1.82, 2.24) is 5.32 Å². The summed E-state index contributed by atoms with van der Waals surface area (Å²) in [7, 11) is 0. The van der Waals surface area contributed by atoms with Gasteiger partial charge in [0.2, 0.25) is 5.91 Å². The highest BCUT2D eigenvalue weighted by molar-refractivity contribution is 5.78. The SMILES string of the molecule is CC/C=C/C/C=C/C/C=C/C/C=C/C/C=C/C(CC(=O)NC(CO)C(O)CCCCCCCCCCCC)OC(=O)CCCCCCCCCCC. The number of amides is 1. The number of hydrogen-bond donors (Lipinski definition) is 3. The molecule has 0 aromatic rings. The normalized spacial score (nSPS) is 14.0. The minimum absolute atomic E-state index is 0.0460. The molecule has 52 heavy (non-hydrogen) atoms. The zero-order valence-electron chi connectivity index (χ0n) is 33.9. The lowest BCUT2D eigenvalue weighted by Crippen LogP contribution is -2.46. The van der Waals surface area contributed by atoms with E-state index in [0.29, 0.717) is 19.3 Å². The average molecular weight is 728 g/mol. The Labute approximate surface area is 320 Å². The molecule has 1 amide bonds. The number of ether oxygens (including phenoxy) is 1. The number of unbranched alkanes of at least 4 members (excludes halogenated alkanes) is 17. The molecule has 0 saturated carbocycles. The number of aliphatic hydroxyl groups excluding tert-OH is 2. The Morgan fingerprint density at radius 2 is 1.00 bits per heavy atom. The maximum absolute atomic E-state index is 13.0. The summed E-state index contributed by atoms with van der Waals surface area (Å²) in [5.41, 5.74) is 0. The van der Waals surface area contributed by atoms with Crippen LogP contribution in [0.25, 0.3) is 0 Å². The van der Waals surface area contributed by atoms with Crippen LogP contribution in [-0.2, 0) is 14.3 Å². The van der Waals surface area contributed by atoms with E-state index in [4.69, 9.17) is 4.74 Å². The number of aliphatic hydroxyl groups is 2. The van der Waals surface area contributed by atoms with Gasteiger partial charge in [-0.05, 0) is 51.0 Å². The van der Waals surface area contributed by atoms with Crippen LogP contribution in [-0.4, -0.2) is 46.9 Å². The van der Waals surface area contributed by atoms with Crippen LogP contribution in [0.15, 0.2) is 60.8 Å². The molecule has 0 rings (SSSR count). The van der Waals surface area contributed by atoms with Gasteiger partial charge in [0.05, 0.1) is 25.2 Å². The van der Waals surface area contributed by atoms with E-state index in [1.165, 1.54) is 83.5 Å². The highest BCUT2D eigenvalue weighted by atomic mass is 16.5. The largest absolute Gasteiger partial charge is 0.458 e. The van der Waals surface area contributed by atoms with E-state index in [1.54, 1.807) is 6.08 Å². The molecule has 6 heteroatoms. The Hall–Kier alpha value is -2.44. The van der Waals surface area contributed by atoms with Gasteiger partial charge in [0.15, 0.2) is 0 Å². The summed E-state index contributed by atoms with van der Waals surface area (Å²) < 4.78 is 5.76. The third-order valence-corrected chi connectivity index (χ3v) is 9.36. The molecule has 300 valence electrons. The standard InChI is InChI=1S/C46H81NO5/c1-4-7-10-13-16-19-21-22-23-24-26-28-31-34-37-42(52-46(51)39-36-33-30-25-18-15-12-9-6-3)40-45(50)47-43(41-48)44(49)38-35-32-29-27-20-17-14-11-8-5-2/h7,10,16,19,22-23,26,28,34,37,42-44,48-49H,4-6,8-9,11-15,17-18,20-21,24-25,27,29-33,35-36,38-41H2,1-3H3,(H,47,50)/b10-7+,19-16+,23-22+,28-26+,37-34+. The molecule has 0 saturated heterocycles. The molecule has 6 nitrogen and oxygen atoms in total. The highest BCUT2D eigenvalue weighted by Crippen LogP contribution is 2.15. The summed E-state index contributed by atoms with van der Waals surface area (Å²) in [6.45, 7) is 6.27. The van der Waals surface area contributed by atoms with Crippen LogP contribution < -0.4 is 5.32 Å². The fourth-order valence-corrected chi connectivity index (χ4v) is 6.10. The van der Waals surface area contributed by atoms with Crippen LogP contribution in [0.4, 0.5) is 0 Å². The summed E-state index contributed by atoms with van der Waals surface area (Å²) in [5.74, 6) is -0.635. The Morgan fingerprint density at radius 3 is 1.46 bits per heavy atom. The zero-order valence-corrected chi connectivity index (χ0v) is 33.9. The fraction of sp³-hybridized carbons (Fsp3) is 0.739. The van der Waals surface area contributed by atoms with Gasteiger partial charge >= 0.3 is 5.97 Å². The van der Waals surface area contributed by atoms with Crippen molar-refractivity contribution in [1.29, 1.82) is 0 Å². The maximum atomic E-state index is 13.0. The van der Waals surface area contributed by atoms with Crippen molar-refractivity contribution < 1.29 is 24.5 Å². The van der Waals surface area contributed by atoms with Crippen LogP contribution in [0.1, 0.15) is 194 Å². The van der Waals surface area contributed by atoms with Crippen LogP contribution in [0.3, 0.4) is 0 Å². The van der Waals surface area contributed by atoms with Crippen LogP contribution in [0, 0.1) is 0 Å². The molecule has 0 aliphatic rings. The van der Waals surface area contributed by atoms with Gasteiger partial charge in [0, 0.05) is 6.42 Å². The molecule has 0 aliphatic carbocycles. The number of nitrogens with one attached hydrogen (secondary N) is 1. The number of carbonyl (C=O) groups is 2. The van der Waals surface area contributed by atoms with Crippen molar-refractivity contribution in [3.05, 3.63) is 60.8 Å². The van der Waals surface area contributed by atoms with Crippen molar-refractivity contribution in [2.24, 2.45) is 0 Å². The third kappa shape index (κ3) is 34.6. The first-order valence-corrected chi connectivity index (χ1v) is 21.5. The minimum atomic E-state index is -0.815. The predicted molar refractivity (Wildman–Crippen MR) is 222 cm³/mol. The predicted octanol–water partition coefficient (Wildman–Crippen LogP) is 12.1. The Kier molecular flexibility index (Phi) is 37.9. The van der Waals surface area contributed by atoms with Gasteiger partial charge in [-0.1, -0.05) is 191 Å². The van der Waals surface area contributed by atoms with Gasteiger partial charge in [-0.2, -0.15) is 0 Å². The number of rotatable bonds is 37. The first-order valence-electron chi connectivity index (χ1n) is 21.5. The molecule has 0 spiro atoms. The van der Waals surface area contributed by atoms with E-state index in [1.807, 2.05) is 6.08 Å². The van der Waals surface area contributed by atoms with Gasteiger partial charge in [-0.25, -0.2) is 0 Å². The molecule has 0 aromatic heterocycles. The van der Waals surface area contributed by atoms with Gasteiger partial charge in [0.25, 0.3) is 0 Å². The monoisotopic (exact) mass is 728 g/mol. The molecule has 0 fully saturated rings. The lowest BCUT2D eigenvalue weighted by atomic mass is 10.0. The van der Waals surface area contributed by atoms with E-state index < -0.39 is 18.2 Å². The smallest absolute Gasteiger partial charge is 0.306 e. The zero-order chi connectivity index (χ0) is 38.2. The van der Waals surface area contributed by atoms with Crippen molar-refractivity contribution >= 4 is 11.9 Å². The van der Waals surface area contributed by atoms with Gasteiger partial charge in [-0.3, -0.25) is 9.59 Å². The quantitative estimate of drug-likeness (QED) is 0.0336. The first-order chi connectivity index (χ1) is 25.5. The van der Waals surface area contributed by atoms with Crippen molar-refractivity contribution in [2.75, 3.05) is 6.61 Å². The molecule has 0 bridgehead atoms. The number of hydrogen-bond acceptors (Lipinski definition) is 5. The second-order valence-corrected chi connectivity index (χ2v) is 14.4. The number of carbonyl (C=O) groups excluding carboxylic acids is 2. The van der Waals surface area contributed by atoms with Gasteiger partial charge < -0.3 is 20.3 Å².